The third-order valence-corrected chi connectivity index (χ3v) is 7.92. The highest BCUT2D eigenvalue weighted by Crippen LogP contribution is 2.53. The van der Waals surface area contributed by atoms with Crippen LogP contribution in [0, 0.1) is 5.41 Å². The summed E-state index contributed by atoms with van der Waals surface area (Å²) in [6.45, 7) is 6.24. The lowest BCUT2D eigenvalue weighted by Crippen LogP contribution is -2.26. The molecule has 0 saturated heterocycles. The standard InChI is InChI=1S/C13H16O2S4/c1-4-13(2,3)12(14)15-7-9-8-18-11(19-9)10-16-5-6-17-10/h5-6,8H,4,7H2,1-3H3. The molecule has 0 aromatic heterocycles. The number of rotatable bonds is 4. The van der Waals surface area contributed by atoms with E-state index in [9.17, 15) is 4.79 Å². The Labute approximate surface area is 131 Å². The summed E-state index contributed by atoms with van der Waals surface area (Å²) in [4.78, 5) is 13.0. The van der Waals surface area contributed by atoms with Gasteiger partial charge in [0.25, 0.3) is 0 Å². The van der Waals surface area contributed by atoms with Gasteiger partial charge in [0.2, 0.25) is 0 Å². The Kier molecular flexibility index (Phi) is 5.45. The van der Waals surface area contributed by atoms with Crippen LogP contribution in [0.5, 0.6) is 0 Å². The van der Waals surface area contributed by atoms with E-state index in [1.165, 1.54) is 8.47 Å². The normalized spacial score (nSPS) is 19.0. The SMILES string of the molecule is CCC(C)(C)C(=O)OCC1=CSC(=C2SC=CS2)S1. The molecule has 0 saturated carbocycles. The minimum atomic E-state index is -0.390. The molecule has 2 aliphatic heterocycles. The van der Waals surface area contributed by atoms with Crippen LogP contribution in [0.2, 0.25) is 0 Å². The Morgan fingerprint density at radius 1 is 1.21 bits per heavy atom. The van der Waals surface area contributed by atoms with Gasteiger partial charge in [-0.3, -0.25) is 4.79 Å². The lowest BCUT2D eigenvalue weighted by Gasteiger charge is -2.20. The molecule has 6 heteroatoms. The van der Waals surface area contributed by atoms with Gasteiger partial charge in [0, 0.05) is 4.91 Å². The van der Waals surface area contributed by atoms with Crippen molar-refractivity contribution in [1.29, 1.82) is 0 Å². The smallest absolute Gasteiger partial charge is 0.311 e. The Hall–Kier alpha value is 0.0900. The van der Waals surface area contributed by atoms with Crippen molar-refractivity contribution in [3.05, 3.63) is 29.6 Å². The number of carbonyl (C=O) groups is 1. The van der Waals surface area contributed by atoms with Crippen molar-refractivity contribution in [2.75, 3.05) is 6.61 Å². The van der Waals surface area contributed by atoms with Crippen LogP contribution in [0.3, 0.4) is 0 Å². The number of thioether (sulfide) groups is 4. The molecule has 0 aromatic carbocycles. The highest BCUT2D eigenvalue weighted by molar-refractivity contribution is 8.33. The molecule has 104 valence electrons. The molecule has 2 aliphatic rings. The molecule has 19 heavy (non-hydrogen) atoms. The number of hydrogen-bond donors (Lipinski definition) is 0. The van der Waals surface area contributed by atoms with Crippen LogP contribution >= 0.6 is 47.0 Å². The second kappa shape index (κ2) is 6.70. The Morgan fingerprint density at radius 2 is 1.89 bits per heavy atom. The maximum absolute atomic E-state index is 11.9. The van der Waals surface area contributed by atoms with Crippen molar-refractivity contribution >= 4 is 53.0 Å². The molecule has 0 fully saturated rings. The molecule has 0 amide bonds. The molecular formula is C13H16O2S4. The minimum Gasteiger partial charge on any atom is -0.460 e. The summed E-state index contributed by atoms with van der Waals surface area (Å²) in [5, 5.41) is 6.27. The molecule has 0 radical (unpaired) electrons. The number of carbonyl (C=O) groups excluding carboxylic acids is 1. The molecule has 0 aliphatic carbocycles. The van der Waals surface area contributed by atoms with E-state index in [4.69, 9.17) is 4.74 Å². The molecule has 0 N–H and O–H groups in total. The van der Waals surface area contributed by atoms with Crippen LogP contribution in [0.1, 0.15) is 27.2 Å². The predicted molar refractivity (Wildman–Crippen MR) is 89.6 cm³/mol. The van der Waals surface area contributed by atoms with Gasteiger partial charge in [0.1, 0.15) is 6.61 Å². The number of esters is 1. The fourth-order valence-corrected chi connectivity index (χ4v) is 5.61. The first kappa shape index (κ1) is 15.5. The van der Waals surface area contributed by atoms with Gasteiger partial charge < -0.3 is 4.74 Å². The van der Waals surface area contributed by atoms with Gasteiger partial charge in [-0.05, 0) is 36.5 Å². The van der Waals surface area contributed by atoms with Gasteiger partial charge in [-0.2, -0.15) is 0 Å². The first-order chi connectivity index (χ1) is 9.03. The molecule has 2 rings (SSSR count). The van der Waals surface area contributed by atoms with E-state index in [1.54, 1.807) is 47.0 Å². The summed E-state index contributed by atoms with van der Waals surface area (Å²) in [7, 11) is 0. The van der Waals surface area contributed by atoms with Crippen molar-refractivity contribution in [3.8, 4) is 0 Å². The highest BCUT2D eigenvalue weighted by atomic mass is 32.2. The summed E-state index contributed by atoms with van der Waals surface area (Å²) in [6.07, 6.45) is 0.793. The van der Waals surface area contributed by atoms with Crippen LogP contribution in [0.4, 0.5) is 0 Å². The average molecular weight is 333 g/mol. The molecule has 0 atom stereocenters. The summed E-state index contributed by atoms with van der Waals surface area (Å²) in [6, 6.07) is 0. The Morgan fingerprint density at radius 3 is 2.53 bits per heavy atom. The molecule has 0 spiro atoms. The van der Waals surface area contributed by atoms with Crippen LogP contribution in [-0.4, -0.2) is 12.6 Å². The Balaban J connectivity index is 1.83. The van der Waals surface area contributed by atoms with Crippen molar-refractivity contribution in [2.24, 2.45) is 5.41 Å². The maximum Gasteiger partial charge on any atom is 0.311 e. The fraction of sp³-hybridized carbons (Fsp3) is 0.462. The zero-order chi connectivity index (χ0) is 13.9. The van der Waals surface area contributed by atoms with Crippen LogP contribution in [-0.2, 0) is 9.53 Å². The summed E-state index contributed by atoms with van der Waals surface area (Å²) >= 11 is 6.94. The largest absolute Gasteiger partial charge is 0.460 e. The maximum atomic E-state index is 11.9. The second-order valence-corrected chi connectivity index (χ2v) is 9.07. The first-order valence-corrected chi connectivity index (χ1v) is 9.42. The molecule has 0 aromatic rings. The quantitative estimate of drug-likeness (QED) is 0.643. The summed E-state index contributed by atoms with van der Waals surface area (Å²) in [5.41, 5.74) is -0.390. The van der Waals surface area contributed by atoms with E-state index in [1.807, 2.05) is 20.8 Å². The van der Waals surface area contributed by atoms with Crippen molar-refractivity contribution in [3.63, 3.8) is 0 Å². The lowest BCUT2D eigenvalue weighted by molar-refractivity contribution is -0.152. The number of ether oxygens (including phenoxy) is 1. The fourth-order valence-electron chi connectivity index (χ4n) is 1.22. The van der Waals surface area contributed by atoms with Crippen LogP contribution in [0.25, 0.3) is 0 Å². The second-order valence-electron chi connectivity index (χ2n) is 4.70. The minimum absolute atomic E-state index is 0.117. The third-order valence-electron chi connectivity index (χ3n) is 2.88. The van der Waals surface area contributed by atoms with Gasteiger partial charge in [0.05, 0.1) is 13.9 Å². The zero-order valence-electron chi connectivity index (χ0n) is 11.1. The Bertz CT molecular complexity index is 453. The molecule has 0 unspecified atom stereocenters. The summed E-state index contributed by atoms with van der Waals surface area (Å²) < 4.78 is 8.01. The van der Waals surface area contributed by atoms with Gasteiger partial charge in [-0.15, -0.1) is 0 Å². The highest BCUT2D eigenvalue weighted by Gasteiger charge is 2.28. The number of hydrogen-bond acceptors (Lipinski definition) is 6. The van der Waals surface area contributed by atoms with Gasteiger partial charge in [-0.1, -0.05) is 54.0 Å². The monoisotopic (exact) mass is 332 g/mol. The van der Waals surface area contributed by atoms with Gasteiger partial charge in [-0.25, -0.2) is 0 Å². The van der Waals surface area contributed by atoms with Crippen molar-refractivity contribution in [2.45, 2.75) is 27.2 Å². The molecule has 2 nitrogen and oxygen atoms in total. The van der Waals surface area contributed by atoms with E-state index in [-0.39, 0.29) is 11.4 Å². The van der Waals surface area contributed by atoms with E-state index in [0.29, 0.717) is 6.61 Å². The summed E-state index contributed by atoms with van der Waals surface area (Å²) in [5.74, 6) is -0.117. The van der Waals surface area contributed by atoms with E-state index in [2.05, 4.69) is 16.2 Å². The zero-order valence-corrected chi connectivity index (χ0v) is 14.4. The van der Waals surface area contributed by atoms with Crippen LogP contribution < -0.4 is 0 Å². The molecule has 2 heterocycles. The van der Waals surface area contributed by atoms with Crippen LogP contribution in [0.15, 0.2) is 29.6 Å². The predicted octanol–water partition coefficient (Wildman–Crippen LogP) is 5.37. The van der Waals surface area contributed by atoms with E-state index < -0.39 is 0 Å². The van der Waals surface area contributed by atoms with E-state index >= 15 is 0 Å². The van der Waals surface area contributed by atoms with Crippen molar-refractivity contribution in [1.82, 2.24) is 0 Å². The first-order valence-electron chi connectivity index (χ1n) is 5.96. The molecule has 0 bridgehead atoms. The van der Waals surface area contributed by atoms with Gasteiger partial charge in [0.15, 0.2) is 0 Å². The van der Waals surface area contributed by atoms with Gasteiger partial charge >= 0.3 is 5.97 Å². The lowest BCUT2D eigenvalue weighted by atomic mass is 9.91. The average Bonchev–Trinajstić information content (AvgIpc) is 3.06. The molecular weight excluding hydrogens is 316 g/mol. The third kappa shape index (κ3) is 4.03. The topological polar surface area (TPSA) is 26.3 Å². The van der Waals surface area contributed by atoms with E-state index in [0.717, 1.165) is 11.3 Å². The van der Waals surface area contributed by atoms with Crippen molar-refractivity contribution < 1.29 is 9.53 Å².